The maximum absolute atomic E-state index is 5.39. The molecule has 1 unspecified atom stereocenters. The summed E-state index contributed by atoms with van der Waals surface area (Å²) < 4.78 is 7.69. The van der Waals surface area contributed by atoms with Crippen LogP contribution >= 0.6 is 0 Å². The summed E-state index contributed by atoms with van der Waals surface area (Å²) in [4.78, 5) is 0. The van der Waals surface area contributed by atoms with Crippen molar-refractivity contribution >= 4 is 10.9 Å². The molecule has 1 aromatic heterocycles. The summed E-state index contributed by atoms with van der Waals surface area (Å²) in [6, 6.07) is 8.60. The Bertz CT molecular complexity index is 545. The van der Waals surface area contributed by atoms with Crippen LogP contribution in [0, 0.1) is 5.92 Å². The Morgan fingerprint density at radius 3 is 2.65 bits per heavy atom. The molecule has 1 atom stereocenters. The van der Waals surface area contributed by atoms with Gasteiger partial charge >= 0.3 is 0 Å². The number of aromatic nitrogens is 1. The predicted octanol–water partition coefficient (Wildman–Crippen LogP) is 3.42. The number of para-hydroxylation sites is 1. The minimum absolute atomic E-state index is 0.224. The molecule has 0 bridgehead atoms. The highest BCUT2D eigenvalue weighted by molar-refractivity contribution is 5.83. The van der Waals surface area contributed by atoms with E-state index in [1.165, 1.54) is 16.5 Å². The van der Waals surface area contributed by atoms with E-state index in [-0.39, 0.29) is 6.10 Å². The highest BCUT2D eigenvalue weighted by Gasteiger charge is 2.10. The van der Waals surface area contributed by atoms with Gasteiger partial charge < -0.3 is 14.6 Å². The fraction of sp³-hybridized carbons (Fsp3) is 0.529. The SMILES string of the molecule is COC(C)Cn1cc(CNCC(C)C)c2ccccc21. The number of ether oxygens (including phenoxy) is 1. The zero-order chi connectivity index (χ0) is 14.5. The van der Waals surface area contributed by atoms with Crippen LogP contribution in [0.1, 0.15) is 26.3 Å². The van der Waals surface area contributed by atoms with E-state index in [9.17, 15) is 0 Å². The van der Waals surface area contributed by atoms with Crippen LogP contribution in [-0.4, -0.2) is 24.3 Å². The van der Waals surface area contributed by atoms with Crippen molar-refractivity contribution < 1.29 is 4.74 Å². The summed E-state index contributed by atoms with van der Waals surface area (Å²) in [7, 11) is 1.77. The van der Waals surface area contributed by atoms with Crippen LogP contribution in [-0.2, 0) is 17.8 Å². The van der Waals surface area contributed by atoms with E-state index in [4.69, 9.17) is 4.74 Å². The van der Waals surface area contributed by atoms with E-state index in [0.29, 0.717) is 5.92 Å². The Kier molecular flexibility index (Phi) is 5.21. The van der Waals surface area contributed by atoms with Crippen molar-refractivity contribution in [2.75, 3.05) is 13.7 Å². The van der Waals surface area contributed by atoms with Crippen LogP contribution in [0.4, 0.5) is 0 Å². The summed E-state index contributed by atoms with van der Waals surface area (Å²) >= 11 is 0. The lowest BCUT2D eigenvalue weighted by Gasteiger charge is -2.11. The summed E-state index contributed by atoms with van der Waals surface area (Å²) in [5.74, 6) is 0.678. The molecule has 0 fully saturated rings. The quantitative estimate of drug-likeness (QED) is 0.837. The second-order valence-electron chi connectivity index (χ2n) is 5.89. The molecule has 0 radical (unpaired) electrons. The molecule has 0 aliphatic rings. The van der Waals surface area contributed by atoms with Crippen molar-refractivity contribution in [3.05, 3.63) is 36.0 Å². The highest BCUT2D eigenvalue weighted by Crippen LogP contribution is 2.22. The van der Waals surface area contributed by atoms with Gasteiger partial charge in [-0.1, -0.05) is 32.0 Å². The molecular formula is C17H26N2O. The third kappa shape index (κ3) is 3.62. The first kappa shape index (κ1) is 15.1. The lowest BCUT2D eigenvalue weighted by molar-refractivity contribution is 0.104. The molecule has 1 aromatic carbocycles. The number of hydrogen-bond donors (Lipinski definition) is 1. The largest absolute Gasteiger partial charge is 0.380 e. The fourth-order valence-electron chi connectivity index (χ4n) is 2.46. The van der Waals surface area contributed by atoms with E-state index < -0.39 is 0 Å². The topological polar surface area (TPSA) is 26.2 Å². The third-order valence-corrected chi connectivity index (χ3v) is 3.60. The Morgan fingerprint density at radius 2 is 1.95 bits per heavy atom. The summed E-state index contributed by atoms with van der Waals surface area (Å²) in [5.41, 5.74) is 2.65. The number of rotatable bonds is 7. The molecule has 2 aromatic rings. The molecule has 20 heavy (non-hydrogen) atoms. The zero-order valence-electron chi connectivity index (χ0n) is 13.0. The van der Waals surface area contributed by atoms with Crippen molar-refractivity contribution in [2.45, 2.75) is 40.0 Å². The van der Waals surface area contributed by atoms with E-state index in [1.807, 2.05) is 0 Å². The maximum atomic E-state index is 5.39. The summed E-state index contributed by atoms with van der Waals surface area (Å²) in [6.45, 7) is 9.43. The molecule has 0 aliphatic heterocycles. The molecule has 3 nitrogen and oxygen atoms in total. The van der Waals surface area contributed by atoms with Gasteiger partial charge in [0.05, 0.1) is 6.10 Å². The van der Waals surface area contributed by atoms with Gasteiger partial charge in [0.15, 0.2) is 0 Å². The number of nitrogens with zero attached hydrogens (tertiary/aromatic N) is 1. The first-order valence-corrected chi connectivity index (χ1v) is 7.42. The van der Waals surface area contributed by atoms with Gasteiger partial charge in [0, 0.05) is 37.3 Å². The minimum atomic E-state index is 0.224. The van der Waals surface area contributed by atoms with Gasteiger partial charge in [-0.2, -0.15) is 0 Å². The Hall–Kier alpha value is -1.32. The maximum Gasteiger partial charge on any atom is 0.0722 e. The lowest BCUT2D eigenvalue weighted by Crippen LogP contribution is -2.19. The van der Waals surface area contributed by atoms with Crippen molar-refractivity contribution in [2.24, 2.45) is 5.92 Å². The van der Waals surface area contributed by atoms with Crippen LogP contribution in [0.2, 0.25) is 0 Å². The number of fused-ring (bicyclic) bond motifs is 1. The van der Waals surface area contributed by atoms with Crippen molar-refractivity contribution in [3.63, 3.8) is 0 Å². The molecule has 3 heteroatoms. The Labute approximate surface area is 121 Å². The van der Waals surface area contributed by atoms with Crippen LogP contribution in [0.3, 0.4) is 0 Å². The highest BCUT2D eigenvalue weighted by atomic mass is 16.5. The van der Waals surface area contributed by atoms with E-state index in [1.54, 1.807) is 7.11 Å². The second kappa shape index (κ2) is 6.91. The third-order valence-electron chi connectivity index (χ3n) is 3.60. The molecule has 1 N–H and O–H groups in total. The van der Waals surface area contributed by atoms with Crippen LogP contribution in [0.25, 0.3) is 10.9 Å². The predicted molar refractivity (Wildman–Crippen MR) is 85.0 cm³/mol. The van der Waals surface area contributed by atoms with Gasteiger partial charge in [-0.3, -0.25) is 0 Å². The lowest BCUT2D eigenvalue weighted by atomic mass is 10.1. The van der Waals surface area contributed by atoms with Gasteiger partial charge in [0.2, 0.25) is 0 Å². The molecule has 1 heterocycles. The van der Waals surface area contributed by atoms with Crippen LogP contribution in [0.5, 0.6) is 0 Å². The van der Waals surface area contributed by atoms with Gasteiger partial charge in [-0.05, 0) is 31.0 Å². The molecular weight excluding hydrogens is 248 g/mol. The smallest absolute Gasteiger partial charge is 0.0722 e. The van der Waals surface area contributed by atoms with E-state index >= 15 is 0 Å². The molecule has 110 valence electrons. The van der Waals surface area contributed by atoms with E-state index in [2.05, 4.69) is 61.1 Å². The van der Waals surface area contributed by atoms with Gasteiger partial charge in [-0.25, -0.2) is 0 Å². The number of benzene rings is 1. The average molecular weight is 274 g/mol. The van der Waals surface area contributed by atoms with Crippen molar-refractivity contribution in [1.29, 1.82) is 0 Å². The van der Waals surface area contributed by atoms with Gasteiger partial charge in [0.1, 0.15) is 0 Å². The second-order valence-corrected chi connectivity index (χ2v) is 5.89. The zero-order valence-corrected chi connectivity index (χ0v) is 13.0. The molecule has 2 rings (SSSR count). The Morgan fingerprint density at radius 1 is 1.20 bits per heavy atom. The van der Waals surface area contributed by atoms with Crippen molar-refractivity contribution in [1.82, 2.24) is 9.88 Å². The molecule has 0 saturated carbocycles. The minimum Gasteiger partial charge on any atom is -0.380 e. The Balaban J connectivity index is 2.21. The first-order valence-electron chi connectivity index (χ1n) is 7.42. The van der Waals surface area contributed by atoms with Gasteiger partial charge in [-0.15, -0.1) is 0 Å². The molecule has 0 amide bonds. The van der Waals surface area contributed by atoms with Crippen molar-refractivity contribution in [3.8, 4) is 0 Å². The molecule has 0 spiro atoms. The normalized spacial score (nSPS) is 13.2. The summed E-state index contributed by atoms with van der Waals surface area (Å²) in [5, 5.41) is 4.87. The number of hydrogen-bond acceptors (Lipinski definition) is 2. The molecule has 0 aliphatic carbocycles. The summed E-state index contributed by atoms with van der Waals surface area (Å²) in [6.07, 6.45) is 2.48. The number of nitrogens with one attached hydrogen (secondary N) is 1. The first-order chi connectivity index (χ1) is 9.61. The van der Waals surface area contributed by atoms with Crippen LogP contribution in [0.15, 0.2) is 30.5 Å². The van der Waals surface area contributed by atoms with E-state index in [0.717, 1.165) is 19.6 Å². The molecule has 0 saturated heterocycles. The van der Waals surface area contributed by atoms with Crippen LogP contribution < -0.4 is 5.32 Å². The fourth-order valence-corrected chi connectivity index (χ4v) is 2.46. The number of methoxy groups -OCH3 is 1. The average Bonchev–Trinajstić information content (AvgIpc) is 2.77. The monoisotopic (exact) mass is 274 g/mol. The van der Waals surface area contributed by atoms with Gasteiger partial charge in [0.25, 0.3) is 0 Å². The standard InChI is InChI=1S/C17H26N2O/c1-13(2)9-18-10-15-12-19(11-14(3)20-4)17-8-6-5-7-16(15)17/h5-8,12-14,18H,9-11H2,1-4H3.